The lowest BCUT2D eigenvalue weighted by molar-refractivity contribution is -0.143. The zero-order valence-corrected chi connectivity index (χ0v) is 6.16. The third kappa shape index (κ3) is 1.05. The van der Waals surface area contributed by atoms with E-state index < -0.39 is 5.97 Å². The summed E-state index contributed by atoms with van der Waals surface area (Å²) in [6.45, 7) is 0.949. The number of carboxylic acids is 1. The Bertz CT molecular complexity index is 212. The molecule has 0 radical (unpaired) electrons. The average Bonchev–Trinajstić information content (AvgIpc) is 2.06. The summed E-state index contributed by atoms with van der Waals surface area (Å²) in [6.07, 6.45) is 4.92. The summed E-state index contributed by atoms with van der Waals surface area (Å²) in [5.41, 5.74) is 0. The van der Waals surface area contributed by atoms with Gasteiger partial charge in [0.15, 0.2) is 0 Å². The topological polar surface area (TPSA) is 49.3 Å². The predicted molar refractivity (Wildman–Crippen MR) is 40.2 cm³/mol. The van der Waals surface area contributed by atoms with Crippen molar-refractivity contribution < 1.29 is 9.90 Å². The van der Waals surface area contributed by atoms with Crippen molar-refractivity contribution in [3.8, 4) is 0 Å². The van der Waals surface area contributed by atoms with E-state index in [1.807, 2.05) is 6.08 Å². The van der Waals surface area contributed by atoms with E-state index in [0.717, 1.165) is 13.0 Å². The molecule has 0 spiro atoms. The zero-order chi connectivity index (χ0) is 7.84. The molecule has 0 aromatic carbocycles. The average molecular weight is 153 g/mol. The SMILES string of the molecule is O=C(O)[C@@H]1C[C@@H]2C=C[C@H]1NC2. The molecule has 3 rings (SSSR count). The van der Waals surface area contributed by atoms with Gasteiger partial charge in [0.2, 0.25) is 0 Å². The number of hydrogen-bond donors (Lipinski definition) is 2. The number of hydrogen-bond acceptors (Lipinski definition) is 2. The van der Waals surface area contributed by atoms with Gasteiger partial charge in [-0.15, -0.1) is 0 Å². The van der Waals surface area contributed by atoms with E-state index in [9.17, 15) is 4.79 Å². The molecule has 1 fully saturated rings. The van der Waals surface area contributed by atoms with Gasteiger partial charge in [-0.3, -0.25) is 4.79 Å². The van der Waals surface area contributed by atoms with Gasteiger partial charge >= 0.3 is 5.97 Å². The number of rotatable bonds is 1. The highest BCUT2D eigenvalue weighted by atomic mass is 16.4. The van der Waals surface area contributed by atoms with Gasteiger partial charge in [0.05, 0.1) is 5.92 Å². The van der Waals surface area contributed by atoms with E-state index in [4.69, 9.17) is 5.11 Å². The first-order valence-corrected chi connectivity index (χ1v) is 3.92. The molecule has 2 aliphatic heterocycles. The summed E-state index contributed by atoms with van der Waals surface area (Å²) >= 11 is 0. The molecule has 3 heteroatoms. The van der Waals surface area contributed by atoms with E-state index in [0.29, 0.717) is 5.92 Å². The van der Waals surface area contributed by atoms with Crippen molar-refractivity contribution in [2.75, 3.05) is 6.54 Å². The van der Waals surface area contributed by atoms with Crippen molar-refractivity contribution in [3.05, 3.63) is 12.2 Å². The second kappa shape index (κ2) is 2.34. The van der Waals surface area contributed by atoms with Crippen molar-refractivity contribution in [2.45, 2.75) is 12.5 Å². The number of piperidine rings is 1. The van der Waals surface area contributed by atoms with Crippen LogP contribution >= 0.6 is 0 Å². The molecule has 1 saturated heterocycles. The summed E-state index contributed by atoms with van der Waals surface area (Å²) in [4.78, 5) is 10.7. The fraction of sp³-hybridized carbons (Fsp3) is 0.625. The zero-order valence-electron chi connectivity index (χ0n) is 6.16. The fourth-order valence-electron chi connectivity index (χ4n) is 1.87. The summed E-state index contributed by atoms with van der Waals surface area (Å²) in [5.74, 6) is -0.420. The first-order valence-electron chi connectivity index (χ1n) is 3.92. The molecule has 60 valence electrons. The van der Waals surface area contributed by atoms with Gasteiger partial charge in [0.25, 0.3) is 0 Å². The summed E-state index contributed by atoms with van der Waals surface area (Å²) < 4.78 is 0. The van der Waals surface area contributed by atoms with Crippen LogP contribution in [-0.4, -0.2) is 23.7 Å². The van der Waals surface area contributed by atoms with Crippen LogP contribution < -0.4 is 5.32 Å². The van der Waals surface area contributed by atoms with E-state index in [2.05, 4.69) is 11.4 Å². The van der Waals surface area contributed by atoms with Crippen LogP contribution in [-0.2, 0) is 4.79 Å². The van der Waals surface area contributed by atoms with Crippen LogP contribution in [0.2, 0.25) is 0 Å². The highest BCUT2D eigenvalue weighted by Gasteiger charge is 2.35. The number of aliphatic carboxylic acids is 1. The van der Waals surface area contributed by atoms with E-state index >= 15 is 0 Å². The van der Waals surface area contributed by atoms with Crippen LogP contribution in [0.15, 0.2) is 12.2 Å². The Balaban J connectivity index is 2.17. The Kier molecular flexibility index (Phi) is 1.46. The molecule has 3 aliphatic rings. The Labute approximate surface area is 65.1 Å². The molecule has 2 bridgehead atoms. The van der Waals surface area contributed by atoms with Crippen LogP contribution in [0.3, 0.4) is 0 Å². The molecule has 0 unspecified atom stereocenters. The quantitative estimate of drug-likeness (QED) is 0.530. The second-order valence-electron chi connectivity index (χ2n) is 3.26. The summed E-state index contributed by atoms with van der Waals surface area (Å²) in [7, 11) is 0. The van der Waals surface area contributed by atoms with Crippen molar-refractivity contribution in [1.29, 1.82) is 0 Å². The number of fused-ring (bicyclic) bond motifs is 2. The first kappa shape index (κ1) is 6.85. The Hall–Kier alpha value is -0.830. The maximum Gasteiger partial charge on any atom is 0.308 e. The lowest BCUT2D eigenvalue weighted by Crippen LogP contribution is -2.49. The van der Waals surface area contributed by atoms with E-state index in [-0.39, 0.29) is 12.0 Å². The van der Waals surface area contributed by atoms with Gasteiger partial charge in [-0.2, -0.15) is 0 Å². The molecule has 3 nitrogen and oxygen atoms in total. The first-order chi connectivity index (χ1) is 5.27. The smallest absolute Gasteiger partial charge is 0.308 e. The minimum atomic E-state index is -0.670. The van der Waals surface area contributed by atoms with Gasteiger partial charge < -0.3 is 10.4 Å². The molecule has 2 N–H and O–H groups in total. The Morgan fingerprint density at radius 2 is 2.36 bits per heavy atom. The standard InChI is InChI=1S/C8H11NO2/c10-8(11)6-3-5-1-2-7(6)9-4-5/h1-2,5-7,9H,3-4H2,(H,10,11)/t5-,6+,7+/m0/s1. The van der Waals surface area contributed by atoms with Crippen LogP contribution in [0, 0.1) is 11.8 Å². The van der Waals surface area contributed by atoms with Gasteiger partial charge in [-0.05, 0) is 12.3 Å². The second-order valence-corrected chi connectivity index (χ2v) is 3.26. The van der Waals surface area contributed by atoms with Crippen molar-refractivity contribution in [2.24, 2.45) is 11.8 Å². The molecule has 0 aromatic heterocycles. The Morgan fingerprint density at radius 3 is 2.64 bits per heavy atom. The van der Waals surface area contributed by atoms with Gasteiger partial charge in [0.1, 0.15) is 0 Å². The highest BCUT2D eigenvalue weighted by molar-refractivity contribution is 5.72. The molecule has 0 saturated carbocycles. The molecule has 2 heterocycles. The monoisotopic (exact) mass is 153 g/mol. The van der Waals surface area contributed by atoms with E-state index in [1.165, 1.54) is 0 Å². The van der Waals surface area contributed by atoms with Crippen LogP contribution in [0.1, 0.15) is 6.42 Å². The molecular weight excluding hydrogens is 142 g/mol. The lowest BCUT2D eigenvalue weighted by Gasteiger charge is -2.36. The summed E-state index contributed by atoms with van der Waals surface area (Å²) in [5, 5.41) is 12.0. The van der Waals surface area contributed by atoms with Gasteiger partial charge in [-0.25, -0.2) is 0 Å². The number of nitrogens with one attached hydrogen (secondary N) is 1. The lowest BCUT2D eigenvalue weighted by atomic mass is 9.79. The predicted octanol–water partition coefficient (Wildman–Crippen LogP) is 0.235. The normalized spacial score (nSPS) is 40.9. The molecule has 0 amide bonds. The molecular formula is C8H11NO2. The maximum absolute atomic E-state index is 10.7. The number of carbonyl (C=O) groups is 1. The highest BCUT2D eigenvalue weighted by Crippen LogP contribution is 2.28. The third-order valence-electron chi connectivity index (χ3n) is 2.51. The molecule has 3 atom stereocenters. The summed E-state index contributed by atoms with van der Waals surface area (Å²) in [6, 6.07) is 0.0810. The van der Waals surface area contributed by atoms with Crippen LogP contribution in [0.4, 0.5) is 0 Å². The van der Waals surface area contributed by atoms with Gasteiger partial charge in [0, 0.05) is 12.6 Å². The van der Waals surface area contributed by atoms with Crippen molar-refractivity contribution in [1.82, 2.24) is 5.32 Å². The Morgan fingerprint density at radius 1 is 1.55 bits per heavy atom. The molecule has 1 aliphatic carbocycles. The van der Waals surface area contributed by atoms with Gasteiger partial charge in [-0.1, -0.05) is 12.2 Å². The van der Waals surface area contributed by atoms with Crippen LogP contribution in [0.25, 0.3) is 0 Å². The van der Waals surface area contributed by atoms with Crippen molar-refractivity contribution in [3.63, 3.8) is 0 Å². The largest absolute Gasteiger partial charge is 0.481 e. The van der Waals surface area contributed by atoms with Crippen LogP contribution in [0.5, 0.6) is 0 Å². The minimum absolute atomic E-state index is 0.0810. The molecule has 0 aromatic rings. The van der Waals surface area contributed by atoms with E-state index in [1.54, 1.807) is 0 Å². The number of carboxylic acid groups (broad SMARTS) is 1. The van der Waals surface area contributed by atoms with Crippen molar-refractivity contribution >= 4 is 5.97 Å². The minimum Gasteiger partial charge on any atom is -0.481 e. The third-order valence-corrected chi connectivity index (χ3v) is 2.51. The molecule has 11 heavy (non-hydrogen) atoms. The fourth-order valence-corrected chi connectivity index (χ4v) is 1.87. The maximum atomic E-state index is 10.7.